The highest BCUT2D eigenvalue weighted by atomic mass is 32.2. The molecule has 1 N–H and O–H groups in total. The first-order chi connectivity index (χ1) is 14.1. The lowest BCUT2D eigenvalue weighted by molar-refractivity contribution is -0.0946. The topological polar surface area (TPSA) is 69.5 Å². The average molecular weight is 434 g/mol. The standard InChI is InChI=1S/C21H23NO5S2/c1-14(22-23)27-18-5-8-26-19-12-16(3-4-17(18)19)29-20-11-15(13-28-20)21(24-2)6-9-25-10-7-21/h3-5,11-13,23H,6-10H2,1-2H3/b22-14+. The highest BCUT2D eigenvalue weighted by Gasteiger charge is 2.35. The van der Waals surface area contributed by atoms with Gasteiger partial charge in [0.25, 0.3) is 0 Å². The molecular formula is C21H23NO5S2. The zero-order valence-corrected chi connectivity index (χ0v) is 18.0. The van der Waals surface area contributed by atoms with E-state index in [0.717, 1.165) is 42.3 Å². The Morgan fingerprint density at radius 1 is 1.28 bits per heavy atom. The van der Waals surface area contributed by atoms with Gasteiger partial charge in [0.1, 0.15) is 18.1 Å². The number of nitrogens with zero attached hydrogens (tertiary/aromatic N) is 1. The SMILES string of the molecule is COC1(c2csc(Sc3ccc4c(c3)OCC=C4O/C(C)=N/O)c2)CCOCC1. The van der Waals surface area contributed by atoms with Crippen LogP contribution in [-0.4, -0.2) is 38.0 Å². The maximum atomic E-state index is 8.84. The van der Waals surface area contributed by atoms with Crippen LogP contribution in [0.5, 0.6) is 5.75 Å². The van der Waals surface area contributed by atoms with Crippen molar-refractivity contribution in [3.05, 3.63) is 46.8 Å². The molecule has 0 spiro atoms. The van der Waals surface area contributed by atoms with Crippen LogP contribution < -0.4 is 4.74 Å². The molecule has 0 amide bonds. The number of hydrogen-bond acceptors (Lipinski definition) is 8. The summed E-state index contributed by atoms with van der Waals surface area (Å²) in [6.07, 6.45) is 3.58. The van der Waals surface area contributed by atoms with E-state index >= 15 is 0 Å². The zero-order valence-electron chi connectivity index (χ0n) is 16.3. The number of benzene rings is 1. The predicted octanol–water partition coefficient (Wildman–Crippen LogP) is 5.11. The van der Waals surface area contributed by atoms with Crippen molar-refractivity contribution in [2.45, 2.75) is 34.5 Å². The first kappa shape index (κ1) is 20.3. The minimum absolute atomic E-state index is 0.189. The van der Waals surface area contributed by atoms with Crippen molar-refractivity contribution >= 4 is 34.8 Å². The van der Waals surface area contributed by atoms with E-state index in [0.29, 0.717) is 12.4 Å². The number of rotatable bonds is 5. The Hall–Kier alpha value is -2.00. The van der Waals surface area contributed by atoms with Gasteiger partial charge in [-0.1, -0.05) is 16.9 Å². The Bertz CT molecular complexity index is 931. The fraction of sp³-hybridized carbons (Fsp3) is 0.381. The van der Waals surface area contributed by atoms with E-state index in [-0.39, 0.29) is 11.5 Å². The van der Waals surface area contributed by atoms with E-state index < -0.39 is 0 Å². The molecule has 8 heteroatoms. The van der Waals surface area contributed by atoms with Crippen molar-refractivity contribution in [1.29, 1.82) is 0 Å². The van der Waals surface area contributed by atoms with E-state index in [9.17, 15) is 0 Å². The highest BCUT2D eigenvalue weighted by molar-refractivity contribution is 8.01. The van der Waals surface area contributed by atoms with E-state index in [2.05, 4.69) is 16.6 Å². The van der Waals surface area contributed by atoms with Gasteiger partial charge in [0.15, 0.2) is 0 Å². The molecule has 29 heavy (non-hydrogen) atoms. The van der Waals surface area contributed by atoms with Gasteiger partial charge in [-0.05, 0) is 41.3 Å². The minimum Gasteiger partial charge on any atom is -0.489 e. The molecule has 1 fully saturated rings. The Labute approximate surface area is 178 Å². The van der Waals surface area contributed by atoms with Crippen molar-refractivity contribution in [2.24, 2.45) is 5.16 Å². The smallest absolute Gasteiger partial charge is 0.228 e. The first-order valence-corrected chi connectivity index (χ1v) is 11.1. The summed E-state index contributed by atoms with van der Waals surface area (Å²) in [5.41, 5.74) is 1.83. The maximum Gasteiger partial charge on any atom is 0.228 e. The summed E-state index contributed by atoms with van der Waals surface area (Å²) < 4.78 is 24.0. The third-order valence-corrected chi connectivity index (χ3v) is 7.21. The Morgan fingerprint density at radius 2 is 2.10 bits per heavy atom. The van der Waals surface area contributed by atoms with Crippen molar-refractivity contribution in [3.8, 4) is 5.75 Å². The number of thiophene rings is 1. The molecule has 3 heterocycles. The van der Waals surface area contributed by atoms with Crippen LogP contribution in [0.4, 0.5) is 0 Å². The maximum absolute atomic E-state index is 8.84. The quantitative estimate of drug-likeness (QED) is 0.306. The van der Waals surface area contributed by atoms with E-state index in [1.165, 1.54) is 9.77 Å². The van der Waals surface area contributed by atoms with E-state index in [1.807, 2.05) is 24.3 Å². The lowest BCUT2D eigenvalue weighted by Gasteiger charge is -2.35. The van der Waals surface area contributed by atoms with Crippen molar-refractivity contribution < 1.29 is 24.2 Å². The van der Waals surface area contributed by atoms with E-state index in [1.54, 1.807) is 37.1 Å². The molecule has 0 unspecified atom stereocenters. The lowest BCUT2D eigenvalue weighted by Crippen LogP contribution is -2.35. The predicted molar refractivity (Wildman–Crippen MR) is 113 cm³/mol. The van der Waals surface area contributed by atoms with Gasteiger partial charge in [-0.3, -0.25) is 0 Å². The molecule has 0 saturated carbocycles. The highest BCUT2D eigenvalue weighted by Crippen LogP contribution is 2.43. The van der Waals surface area contributed by atoms with Crippen LogP contribution in [0.2, 0.25) is 0 Å². The Balaban J connectivity index is 1.51. The zero-order chi connectivity index (χ0) is 20.3. The van der Waals surface area contributed by atoms with Gasteiger partial charge in [0.05, 0.1) is 15.4 Å². The summed E-state index contributed by atoms with van der Waals surface area (Å²) in [7, 11) is 1.78. The Kier molecular flexibility index (Phi) is 6.15. The van der Waals surface area contributed by atoms with Crippen LogP contribution in [-0.2, 0) is 19.8 Å². The largest absolute Gasteiger partial charge is 0.489 e. The first-order valence-electron chi connectivity index (χ1n) is 9.37. The summed E-state index contributed by atoms with van der Waals surface area (Å²) in [5, 5.41) is 14.1. The van der Waals surface area contributed by atoms with Gasteiger partial charge < -0.3 is 24.2 Å². The average Bonchev–Trinajstić information content (AvgIpc) is 3.23. The number of methoxy groups -OCH3 is 1. The monoisotopic (exact) mass is 433 g/mol. The number of fused-ring (bicyclic) bond motifs is 1. The molecule has 0 radical (unpaired) electrons. The van der Waals surface area contributed by atoms with Gasteiger partial charge >= 0.3 is 0 Å². The van der Waals surface area contributed by atoms with Gasteiger partial charge in [0.2, 0.25) is 5.90 Å². The third-order valence-electron chi connectivity index (χ3n) is 5.14. The molecular weight excluding hydrogens is 410 g/mol. The normalized spacial score (nSPS) is 18.6. The van der Waals surface area contributed by atoms with Crippen molar-refractivity contribution in [2.75, 3.05) is 26.9 Å². The molecule has 2 aromatic rings. The summed E-state index contributed by atoms with van der Waals surface area (Å²) in [4.78, 5) is 1.09. The lowest BCUT2D eigenvalue weighted by atomic mass is 9.88. The molecule has 1 saturated heterocycles. The molecule has 2 aliphatic heterocycles. The molecule has 1 aromatic carbocycles. The molecule has 4 rings (SSSR count). The fourth-order valence-corrected chi connectivity index (χ4v) is 5.59. The minimum atomic E-state index is -0.240. The van der Waals surface area contributed by atoms with Gasteiger partial charge in [-0.2, -0.15) is 0 Å². The van der Waals surface area contributed by atoms with E-state index in [4.69, 9.17) is 24.2 Å². The van der Waals surface area contributed by atoms with Gasteiger partial charge in [-0.25, -0.2) is 0 Å². The number of hydrogen-bond donors (Lipinski definition) is 1. The molecule has 0 bridgehead atoms. The third kappa shape index (κ3) is 4.30. The van der Waals surface area contributed by atoms with Crippen LogP contribution >= 0.6 is 23.1 Å². The summed E-state index contributed by atoms with van der Waals surface area (Å²) in [6.45, 7) is 3.47. The molecule has 1 aromatic heterocycles. The Morgan fingerprint density at radius 3 is 2.86 bits per heavy atom. The second-order valence-electron chi connectivity index (χ2n) is 6.83. The summed E-state index contributed by atoms with van der Waals surface area (Å²) in [6, 6.07) is 8.25. The van der Waals surface area contributed by atoms with Crippen molar-refractivity contribution in [1.82, 2.24) is 0 Å². The van der Waals surface area contributed by atoms with Crippen LogP contribution in [0.3, 0.4) is 0 Å². The van der Waals surface area contributed by atoms with Crippen molar-refractivity contribution in [3.63, 3.8) is 0 Å². The molecule has 154 valence electrons. The van der Waals surface area contributed by atoms with Gasteiger partial charge in [-0.15, -0.1) is 11.3 Å². The molecule has 2 aliphatic rings. The fourth-order valence-electron chi connectivity index (χ4n) is 3.52. The molecule has 0 aliphatic carbocycles. The summed E-state index contributed by atoms with van der Waals surface area (Å²) >= 11 is 3.42. The second-order valence-corrected chi connectivity index (χ2v) is 9.11. The van der Waals surface area contributed by atoms with Gasteiger partial charge in [0, 0.05) is 45.0 Å². The molecule has 6 nitrogen and oxygen atoms in total. The number of oxime groups is 1. The van der Waals surface area contributed by atoms with Crippen LogP contribution in [0.15, 0.2) is 50.0 Å². The van der Waals surface area contributed by atoms with Crippen LogP contribution in [0.1, 0.15) is 30.9 Å². The second kappa shape index (κ2) is 8.79. The van der Waals surface area contributed by atoms with Crippen LogP contribution in [0, 0.1) is 0 Å². The molecule has 0 atom stereocenters. The van der Waals surface area contributed by atoms with Crippen LogP contribution in [0.25, 0.3) is 5.76 Å². The number of ether oxygens (including phenoxy) is 4. The summed E-state index contributed by atoms with van der Waals surface area (Å²) in [5.74, 6) is 1.58.